The van der Waals surface area contributed by atoms with E-state index < -0.39 is 0 Å². The number of ketones is 2. The van der Waals surface area contributed by atoms with Gasteiger partial charge < -0.3 is 10.2 Å². The first-order valence-corrected chi connectivity index (χ1v) is 35.6. The van der Waals surface area contributed by atoms with Crippen molar-refractivity contribution in [1.29, 1.82) is 0 Å². The summed E-state index contributed by atoms with van der Waals surface area (Å²) in [5.41, 5.74) is 3.73. The van der Waals surface area contributed by atoms with Gasteiger partial charge in [-0.1, -0.05) is 253 Å². The lowest BCUT2D eigenvalue weighted by molar-refractivity contribution is 0.0983. The van der Waals surface area contributed by atoms with Gasteiger partial charge >= 0.3 is 0 Å². The largest absolute Gasteiger partial charge is 0.507 e. The zero-order valence-corrected chi connectivity index (χ0v) is 60.9. The van der Waals surface area contributed by atoms with E-state index in [0.717, 1.165) is 83.5 Å². The van der Waals surface area contributed by atoms with Gasteiger partial charge in [0, 0.05) is 64.5 Å². The van der Waals surface area contributed by atoms with Gasteiger partial charge in [-0.05, 0) is 117 Å². The molecule has 14 heteroatoms. The highest BCUT2D eigenvalue weighted by molar-refractivity contribution is 8.01. The molecule has 0 unspecified atom stereocenters. The van der Waals surface area contributed by atoms with Crippen molar-refractivity contribution in [3.63, 3.8) is 0 Å². The number of benzene rings is 3. The predicted octanol–water partition coefficient (Wildman–Crippen LogP) is 19.7. The summed E-state index contributed by atoms with van der Waals surface area (Å²) in [7, 11) is 0. The van der Waals surface area contributed by atoms with E-state index in [1.54, 1.807) is 66.5 Å². The van der Waals surface area contributed by atoms with E-state index in [-0.39, 0.29) is 92.9 Å². The predicted molar refractivity (Wildman–Crippen MR) is 382 cm³/mol. The van der Waals surface area contributed by atoms with E-state index in [1.807, 2.05) is 50.3 Å². The van der Waals surface area contributed by atoms with Crippen LogP contribution in [0.4, 0.5) is 5.95 Å². The Morgan fingerprint density at radius 3 is 1.62 bits per heavy atom. The van der Waals surface area contributed by atoms with Gasteiger partial charge in [-0.2, -0.15) is 15.0 Å². The van der Waals surface area contributed by atoms with Crippen LogP contribution in [0.5, 0.6) is 11.5 Å². The number of aromatic hydroxyl groups is 2. The number of hydrogen-bond donors (Lipinski definition) is 2. The van der Waals surface area contributed by atoms with E-state index in [9.17, 15) is 10.2 Å². The van der Waals surface area contributed by atoms with Gasteiger partial charge in [-0.3, -0.25) is 9.59 Å². The van der Waals surface area contributed by atoms with Crippen LogP contribution in [-0.2, 0) is 12.8 Å². The van der Waals surface area contributed by atoms with Crippen molar-refractivity contribution < 1.29 is 19.8 Å². The van der Waals surface area contributed by atoms with Gasteiger partial charge in [0.2, 0.25) is 0 Å². The molecule has 2 N–H and O–H groups in total. The quantitative estimate of drug-likeness (QED) is 0.0264. The molecule has 7 rings (SSSR count). The third kappa shape index (κ3) is 17.8. The first-order valence-electron chi connectivity index (χ1n) is 33.1. The van der Waals surface area contributed by atoms with Crippen molar-refractivity contribution >= 4 is 86.5 Å². The zero-order valence-electron chi connectivity index (χ0n) is 58.4. The average Bonchev–Trinajstić information content (AvgIpc) is 0.731. The summed E-state index contributed by atoms with van der Waals surface area (Å²) in [6.07, 6.45) is 21.9. The van der Waals surface area contributed by atoms with Crippen LogP contribution in [0.2, 0.25) is 0 Å². The maximum atomic E-state index is 15.6. The van der Waals surface area contributed by atoms with Crippen molar-refractivity contribution in [2.24, 2.45) is 26.7 Å². The molecule has 0 bridgehead atoms. The maximum Gasteiger partial charge on any atom is 0.253 e. The number of aryl methyl sites for hydroxylation is 1. The minimum Gasteiger partial charge on any atom is -0.507 e. The Morgan fingerprint density at radius 2 is 1.09 bits per heavy atom. The minimum atomic E-state index is -0.373. The molecule has 0 spiro atoms. The van der Waals surface area contributed by atoms with Crippen molar-refractivity contribution in [1.82, 2.24) is 29.9 Å². The number of aliphatic imine (C=N–C) groups is 1. The first kappa shape index (κ1) is 72.0. The van der Waals surface area contributed by atoms with Crippen LogP contribution < -0.4 is 10.4 Å². The topological polar surface area (TPSA) is 164 Å². The first-order chi connectivity index (χ1) is 42.0. The number of thioether (sulfide) groups is 3. The van der Waals surface area contributed by atoms with Crippen molar-refractivity contribution in [2.75, 3.05) is 0 Å². The van der Waals surface area contributed by atoms with Crippen LogP contribution in [0.15, 0.2) is 86.2 Å². The summed E-state index contributed by atoms with van der Waals surface area (Å²) in [4.78, 5) is 67.0. The van der Waals surface area contributed by atoms with E-state index >= 15 is 9.59 Å². The van der Waals surface area contributed by atoms with Crippen LogP contribution in [0.3, 0.4) is 0 Å². The number of nitrogens with zero attached hydrogens (tertiary/aromatic N) is 7. The smallest absolute Gasteiger partial charge is 0.253 e. The molecule has 2 heterocycles. The molecule has 486 valence electrons. The number of rotatable bonds is 29. The Hall–Kier alpha value is -5.44. The maximum absolute atomic E-state index is 15.6. The SMILES string of the molecule is CC=C(C1=C(C(C)=Nc2nc(CCC(C)(C)CCC(C)(C)CC)nc(SC(C)(C)CCCC)n2)C(=O)c2ccccc2C1=O)c1cc/c(=C(/C)c2nc(SC(C)(C)CCC(C)(C)CC)nc(SC(C)(C)CCC(C)(C)CC)n2)c2c(O)c3c(c(O)c12)CC=CC=3. The summed E-state index contributed by atoms with van der Waals surface area (Å²) in [6, 6.07) is 10.7. The molecule has 5 aromatic rings. The molecule has 0 saturated carbocycles. The number of hydrogen-bond acceptors (Lipinski definition) is 14. The summed E-state index contributed by atoms with van der Waals surface area (Å²) in [5, 5.41) is 29.4. The highest BCUT2D eigenvalue weighted by atomic mass is 32.2. The van der Waals surface area contributed by atoms with Crippen LogP contribution in [0.1, 0.15) is 272 Å². The Bertz CT molecular complexity index is 3720. The lowest BCUT2D eigenvalue weighted by Gasteiger charge is -2.30. The number of phenolic OH excluding ortho intramolecular Hbond substituents is 2. The Kier molecular flexibility index (Phi) is 23.1. The number of fused-ring (bicyclic) bond motifs is 3. The van der Waals surface area contributed by atoms with Crippen LogP contribution in [-0.4, -0.2) is 71.6 Å². The average molecular weight is 1280 g/mol. The second kappa shape index (κ2) is 28.8. The van der Waals surface area contributed by atoms with Gasteiger partial charge in [0.25, 0.3) is 5.95 Å². The van der Waals surface area contributed by atoms with Gasteiger partial charge in [0.15, 0.2) is 32.9 Å². The normalized spacial score (nSPS) is 15.2. The second-order valence-corrected chi connectivity index (χ2v) is 35.3. The van der Waals surface area contributed by atoms with E-state index in [0.29, 0.717) is 83.4 Å². The van der Waals surface area contributed by atoms with Gasteiger partial charge in [0.1, 0.15) is 17.3 Å². The monoisotopic (exact) mass is 1280 g/mol. The molecule has 2 aromatic heterocycles. The summed E-state index contributed by atoms with van der Waals surface area (Å²) in [6.45, 7) is 46.6. The number of carbonyl (C=O) groups is 2. The lowest BCUT2D eigenvalue weighted by atomic mass is 9.76. The van der Waals surface area contributed by atoms with Crippen LogP contribution in [0.25, 0.3) is 28.0 Å². The highest BCUT2D eigenvalue weighted by Crippen LogP contribution is 2.46. The fourth-order valence-corrected chi connectivity index (χ4v) is 14.4. The minimum absolute atomic E-state index is 0.0270. The molecule has 3 aromatic carbocycles. The number of Topliss-reactive ketones (excluding diaryl/α,β-unsaturated/α-hetero) is 2. The molecule has 0 aliphatic heterocycles. The van der Waals surface area contributed by atoms with Gasteiger partial charge in [0.05, 0.1) is 11.3 Å². The molecule has 0 saturated heterocycles. The van der Waals surface area contributed by atoms with E-state index in [1.165, 1.54) is 0 Å². The molecular formula is C76H105N7O4S3. The van der Waals surface area contributed by atoms with E-state index in [4.69, 9.17) is 34.9 Å². The second-order valence-electron chi connectivity index (χ2n) is 30.2. The molecular weight excluding hydrogens is 1170 g/mol. The number of unbranched alkanes of at least 4 members (excludes halogenated alkanes) is 1. The number of phenols is 2. The van der Waals surface area contributed by atoms with E-state index in [2.05, 4.69) is 125 Å². The van der Waals surface area contributed by atoms with Crippen LogP contribution >= 0.6 is 35.3 Å². The van der Waals surface area contributed by atoms with Crippen LogP contribution in [0, 0.1) is 21.7 Å². The van der Waals surface area contributed by atoms with Crippen molar-refractivity contribution in [3.8, 4) is 11.5 Å². The number of allylic oxidation sites excluding steroid dienone is 6. The number of aromatic nitrogens is 6. The van der Waals surface area contributed by atoms with Crippen molar-refractivity contribution in [2.45, 2.75) is 271 Å². The Balaban J connectivity index is 1.46. The fourth-order valence-electron chi connectivity index (χ4n) is 11.4. The molecule has 0 amide bonds. The Labute approximate surface area is 552 Å². The summed E-state index contributed by atoms with van der Waals surface area (Å²) in [5.74, 6) is 0.441. The molecule has 11 nitrogen and oxygen atoms in total. The molecule has 0 fully saturated rings. The van der Waals surface area contributed by atoms with Gasteiger partial charge in [-0.25, -0.2) is 19.9 Å². The van der Waals surface area contributed by atoms with Crippen molar-refractivity contribution in [3.05, 3.63) is 110 Å². The zero-order chi connectivity index (χ0) is 66.5. The third-order valence-corrected chi connectivity index (χ3v) is 22.6. The molecule has 90 heavy (non-hydrogen) atoms. The highest BCUT2D eigenvalue weighted by Gasteiger charge is 2.38. The molecule has 2 aliphatic carbocycles. The van der Waals surface area contributed by atoms with Gasteiger partial charge in [-0.15, -0.1) is 0 Å². The Morgan fingerprint density at radius 1 is 0.578 bits per heavy atom. The molecule has 0 atom stereocenters. The molecule has 2 aliphatic rings. The number of carbonyl (C=O) groups excluding carboxylic acids is 2. The lowest BCUT2D eigenvalue weighted by Crippen LogP contribution is -2.26. The summed E-state index contributed by atoms with van der Waals surface area (Å²) < 4.78 is -0.584. The third-order valence-electron chi connectivity index (χ3n) is 19.3. The standard InChI is InChI=1S/C76H105N7O4S3/c1-22-27-39-74(16,17)88-67-79-56(38-40-73(14,15)42-41-70(8,9)24-3)78-66(82-67)77-48(7)57-58(62(85)53-33-29-28-32-52(53)61(57)84)49(23-2)51-37-36-50(59-60(51)64(87)55-35-31-30-34-54(55)63(59)86)47(6)65-80-68(89-75(18,19)45-43-71(10,11)25-4)83-69(81-65)90-76(20,21)46-44-72(12,13)26-5/h23,28-34,36-37,86-87H,22,24-27,35,38-46H2,1-21H3/b49-23?,50-47+,77-48?. The fraction of sp³-hybridized carbons (Fsp3) is 0.566. The molecule has 0 radical (unpaired) electrons. The summed E-state index contributed by atoms with van der Waals surface area (Å²) >= 11 is 4.94.